The van der Waals surface area contributed by atoms with E-state index in [1.807, 2.05) is 0 Å². The first-order valence-electron chi connectivity index (χ1n) is 5.78. The standard InChI is InChI=1S/C12H18O/c1-7-4-10-8-2-3-9(5-8)11(10)6-12(7)13/h7-11H,2-6H2,1H3/t7-,8-,9+,10+,11-/m0/s1. The van der Waals surface area contributed by atoms with E-state index in [0.717, 1.165) is 30.1 Å². The van der Waals surface area contributed by atoms with Crippen molar-refractivity contribution in [1.29, 1.82) is 0 Å². The Morgan fingerprint density at radius 3 is 2.54 bits per heavy atom. The molecule has 0 aromatic carbocycles. The number of carbonyl (C=O) groups excluding carboxylic acids is 1. The van der Waals surface area contributed by atoms with Crippen molar-refractivity contribution in [3.8, 4) is 0 Å². The fraction of sp³-hybridized carbons (Fsp3) is 0.917. The van der Waals surface area contributed by atoms with Crippen LogP contribution in [0.5, 0.6) is 0 Å². The van der Waals surface area contributed by atoms with Crippen LogP contribution in [-0.2, 0) is 4.79 Å². The maximum atomic E-state index is 11.6. The Morgan fingerprint density at radius 1 is 1.08 bits per heavy atom. The summed E-state index contributed by atoms with van der Waals surface area (Å²) >= 11 is 0. The van der Waals surface area contributed by atoms with Crippen LogP contribution < -0.4 is 0 Å². The molecular formula is C12H18O. The molecule has 3 aliphatic rings. The molecule has 0 N–H and O–H groups in total. The summed E-state index contributed by atoms with van der Waals surface area (Å²) in [5.74, 6) is 4.61. The molecule has 0 saturated heterocycles. The lowest BCUT2D eigenvalue weighted by atomic mass is 9.67. The van der Waals surface area contributed by atoms with Crippen molar-refractivity contribution in [3.63, 3.8) is 0 Å². The summed E-state index contributed by atoms with van der Waals surface area (Å²) in [5, 5.41) is 0. The number of Topliss-reactive ketones (excluding diaryl/α,β-unsaturated/α-hetero) is 1. The number of rotatable bonds is 0. The van der Waals surface area contributed by atoms with Gasteiger partial charge in [0.1, 0.15) is 5.78 Å². The third-order valence-corrected chi connectivity index (χ3v) is 4.89. The summed E-state index contributed by atoms with van der Waals surface area (Å²) in [7, 11) is 0. The van der Waals surface area contributed by atoms with E-state index in [9.17, 15) is 4.79 Å². The van der Waals surface area contributed by atoms with E-state index in [2.05, 4.69) is 6.92 Å². The number of hydrogen-bond donors (Lipinski definition) is 0. The molecule has 3 saturated carbocycles. The SMILES string of the molecule is C[C@H]1C[C@@H]2[C@H]3CC[C@H](C3)[C@@H]2CC1=O. The summed E-state index contributed by atoms with van der Waals surface area (Å²) in [5.41, 5.74) is 0. The van der Waals surface area contributed by atoms with E-state index in [1.54, 1.807) is 0 Å². The second-order valence-electron chi connectivity index (χ2n) is 5.47. The average Bonchev–Trinajstić information content (AvgIpc) is 2.67. The van der Waals surface area contributed by atoms with Gasteiger partial charge < -0.3 is 0 Å². The van der Waals surface area contributed by atoms with Crippen molar-refractivity contribution >= 4 is 5.78 Å². The minimum Gasteiger partial charge on any atom is -0.299 e. The van der Waals surface area contributed by atoms with Gasteiger partial charge >= 0.3 is 0 Å². The zero-order valence-corrected chi connectivity index (χ0v) is 8.33. The summed E-state index contributed by atoms with van der Waals surface area (Å²) < 4.78 is 0. The van der Waals surface area contributed by atoms with E-state index < -0.39 is 0 Å². The summed E-state index contributed by atoms with van der Waals surface area (Å²) in [6.45, 7) is 2.13. The maximum Gasteiger partial charge on any atom is 0.136 e. The lowest BCUT2D eigenvalue weighted by Crippen LogP contribution is -2.34. The van der Waals surface area contributed by atoms with Gasteiger partial charge in [-0.25, -0.2) is 0 Å². The molecule has 0 spiro atoms. The Kier molecular flexibility index (Phi) is 1.59. The van der Waals surface area contributed by atoms with Crippen LogP contribution in [0.3, 0.4) is 0 Å². The number of fused-ring (bicyclic) bond motifs is 5. The van der Waals surface area contributed by atoms with E-state index in [1.165, 1.54) is 25.7 Å². The number of hydrogen-bond acceptors (Lipinski definition) is 1. The normalized spacial score (nSPS) is 53.9. The summed E-state index contributed by atoms with van der Waals surface area (Å²) in [6, 6.07) is 0. The molecule has 3 aliphatic carbocycles. The first kappa shape index (κ1) is 8.02. The molecule has 1 nitrogen and oxygen atoms in total. The van der Waals surface area contributed by atoms with E-state index in [4.69, 9.17) is 0 Å². The molecule has 0 unspecified atom stereocenters. The monoisotopic (exact) mass is 178 g/mol. The highest BCUT2D eigenvalue weighted by Crippen LogP contribution is 2.57. The van der Waals surface area contributed by atoms with E-state index in [-0.39, 0.29) is 0 Å². The van der Waals surface area contributed by atoms with Gasteiger partial charge in [-0.2, -0.15) is 0 Å². The van der Waals surface area contributed by atoms with Gasteiger partial charge in [0.2, 0.25) is 0 Å². The van der Waals surface area contributed by atoms with Crippen molar-refractivity contribution < 1.29 is 4.79 Å². The van der Waals surface area contributed by atoms with Gasteiger partial charge in [-0.05, 0) is 49.4 Å². The molecule has 0 amide bonds. The second-order valence-corrected chi connectivity index (χ2v) is 5.47. The Labute approximate surface area is 79.9 Å². The van der Waals surface area contributed by atoms with Crippen LogP contribution in [0.25, 0.3) is 0 Å². The minimum atomic E-state index is 0.376. The van der Waals surface area contributed by atoms with Gasteiger partial charge in [-0.3, -0.25) is 4.79 Å². The lowest BCUT2D eigenvalue weighted by molar-refractivity contribution is -0.127. The third-order valence-electron chi connectivity index (χ3n) is 4.89. The second kappa shape index (κ2) is 2.59. The fourth-order valence-electron chi connectivity index (χ4n) is 4.19. The molecule has 0 aromatic heterocycles. The van der Waals surface area contributed by atoms with Crippen molar-refractivity contribution in [3.05, 3.63) is 0 Å². The predicted molar refractivity (Wildman–Crippen MR) is 51.2 cm³/mol. The molecule has 3 fully saturated rings. The Morgan fingerprint density at radius 2 is 1.77 bits per heavy atom. The van der Waals surface area contributed by atoms with Gasteiger partial charge in [0, 0.05) is 12.3 Å². The van der Waals surface area contributed by atoms with Gasteiger partial charge in [0.15, 0.2) is 0 Å². The topological polar surface area (TPSA) is 17.1 Å². The average molecular weight is 178 g/mol. The van der Waals surface area contributed by atoms with Crippen molar-refractivity contribution in [2.45, 2.75) is 39.0 Å². The smallest absolute Gasteiger partial charge is 0.136 e. The first-order valence-corrected chi connectivity index (χ1v) is 5.78. The largest absolute Gasteiger partial charge is 0.299 e. The maximum absolute atomic E-state index is 11.6. The minimum absolute atomic E-state index is 0.376. The van der Waals surface area contributed by atoms with Crippen LogP contribution in [0.4, 0.5) is 0 Å². The lowest BCUT2D eigenvalue weighted by Gasteiger charge is -2.36. The van der Waals surface area contributed by atoms with Gasteiger partial charge in [0.25, 0.3) is 0 Å². The molecule has 72 valence electrons. The highest BCUT2D eigenvalue weighted by atomic mass is 16.1. The van der Waals surface area contributed by atoms with Crippen LogP contribution in [-0.4, -0.2) is 5.78 Å². The highest BCUT2D eigenvalue weighted by Gasteiger charge is 2.50. The van der Waals surface area contributed by atoms with E-state index >= 15 is 0 Å². The first-order chi connectivity index (χ1) is 6.25. The van der Waals surface area contributed by atoms with Crippen LogP contribution in [0.15, 0.2) is 0 Å². The molecule has 0 aromatic rings. The molecule has 0 heterocycles. The van der Waals surface area contributed by atoms with Crippen LogP contribution in [0, 0.1) is 29.6 Å². The number of carbonyl (C=O) groups is 1. The quantitative estimate of drug-likeness (QED) is 0.557. The third kappa shape index (κ3) is 1.02. The molecule has 1 heteroatoms. The molecule has 13 heavy (non-hydrogen) atoms. The predicted octanol–water partition coefficient (Wildman–Crippen LogP) is 2.65. The van der Waals surface area contributed by atoms with Crippen LogP contribution in [0.1, 0.15) is 39.0 Å². The van der Waals surface area contributed by atoms with Crippen LogP contribution >= 0.6 is 0 Å². The molecule has 2 bridgehead atoms. The summed E-state index contributed by atoms with van der Waals surface area (Å²) in [6.07, 6.45) is 6.48. The summed E-state index contributed by atoms with van der Waals surface area (Å²) in [4.78, 5) is 11.6. The molecular weight excluding hydrogens is 160 g/mol. The Hall–Kier alpha value is -0.330. The fourth-order valence-corrected chi connectivity index (χ4v) is 4.19. The molecule has 0 aliphatic heterocycles. The van der Waals surface area contributed by atoms with Gasteiger partial charge in [0.05, 0.1) is 0 Å². The van der Waals surface area contributed by atoms with Crippen molar-refractivity contribution in [2.75, 3.05) is 0 Å². The molecule has 5 atom stereocenters. The van der Waals surface area contributed by atoms with Gasteiger partial charge in [-0.1, -0.05) is 6.92 Å². The van der Waals surface area contributed by atoms with Crippen molar-refractivity contribution in [2.24, 2.45) is 29.6 Å². The zero-order chi connectivity index (χ0) is 9.00. The number of ketones is 1. The van der Waals surface area contributed by atoms with Crippen LogP contribution in [0.2, 0.25) is 0 Å². The Balaban J connectivity index is 1.84. The van der Waals surface area contributed by atoms with Crippen molar-refractivity contribution in [1.82, 2.24) is 0 Å². The zero-order valence-electron chi connectivity index (χ0n) is 8.33. The van der Waals surface area contributed by atoms with E-state index in [0.29, 0.717) is 11.7 Å². The molecule has 0 radical (unpaired) electrons. The van der Waals surface area contributed by atoms with Gasteiger partial charge in [-0.15, -0.1) is 0 Å². The Bertz CT molecular complexity index is 246. The molecule has 3 rings (SSSR count). The highest BCUT2D eigenvalue weighted by molar-refractivity contribution is 5.81.